The van der Waals surface area contributed by atoms with Gasteiger partial charge in [0, 0.05) is 18.3 Å². The number of benzene rings is 1. The van der Waals surface area contributed by atoms with Crippen molar-refractivity contribution >= 4 is 30.4 Å². The third-order valence-corrected chi connectivity index (χ3v) is 6.14. The lowest BCUT2D eigenvalue weighted by Gasteiger charge is -2.24. The molecule has 10 heteroatoms. The molecule has 3 rings (SSSR count). The van der Waals surface area contributed by atoms with Crippen LogP contribution < -0.4 is 16.0 Å². The Morgan fingerprint density at radius 1 is 1.03 bits per heavy atom. The molecule has 0 radical (unpaired) electrons. The number of nitrogens with one attached hydrogen (secondary N) is 3. The van der Waals surface area contributed by atoms with Gasteiger partial charge in [0.15, 0.2) is 0 Å². The summed E-state index contributed by atoms with van der Waals surface area (Å²) in [7, 11) is -1.78. The average Bonchev–Trinajstić information content (AvgIpc) is 2.91. The Kier molecular flexibility index (Phi) is 10.4. The second-order valence-corrected chi connectivity index (χ2v) is 9.83. The topological polar surface area (TPSA) is 141 Å². The van der Waals surface area contributed by atoms with Crippen LogP contribution in [0.5, 0.6) is 0 Å². The molecular weight excluding hydrogens is 483 g/mol. The van der Waals surface area contributed by atoms with E-state index in [1.165, 1.54) is 6.20 Å². The molecule has 0 spiro atoms. The number of pyridine rings is 1. The van der Waals surface area contributed by atoms with Crippen LogP contribution in [0.15, 0.2) is 60.8 Å². The van der Waals surface area contributed by atoms with Crippen molar-refractivity contribution in [3.8, 4) is 0 Å². The molecule has 0 saturated heterocycles. The molecule has 2 atom stereocenters. The number of amides is 3. The average molecular weight is 518 g/mol. The molecule has 0 aliphatic heterocycles. The maximum Gasteiger partial charge on any atom is 0.475 e. The van der Waals surface area contributed by atoms with Gasteiger partial charge >= 0.3 is 7.12 Å². The van der Waals surface area contributed by atoms with Crippen LogP contribution in [0.2, 0.25) is 0 Å². The monoisotopic (exact) mass is 518 g/mol. The predicted molar refractivity (Wildman–Crippen MR) is 147 cm³/mol. The lowest BCUT2D eigenvalue weighted by molar-refractivity contribution is -0.123. The van der Waals surface area contributed by atoms with Crippen molar-refractivity contribution in [3.05, 3.63) is 83.2 Å². The first-order chi connectivity index (χ1) is 18.1. The molecule has 38 heavy (non-hydrogen) atoms. The Morgan fingerprint density at radius 2 is 1.76 bits per heavy atom. The number of hydrogen-bond acceptors (Lipinski definition) is 6. The van der Waals surface area contributed by atoms with Crippen LogP contribution in [0.4, 0.5) is 0 Å². The van der Waals surface area contributed by atoms with E-state index in [4.69, 9.17) is 0 Å². The van der Waals surface area contributed by atoms with E-state index < -0.39 is 36.8 Å². The summed E-state index contributed by atoms with van der Waals surface area (Å²) in [4.78, 5) is 43.2. The van der Waals surface area contributed by atoms with Gasteiger partial charge < -0.3 is 26.0 Å². The number of nitrogens with zero attached hydrogens (tertiary/aromatic N) is 1. The van der Waals surface area contributed by atoms with Gasteiger partial charge in [0.05, 0.1) is 5.94 Å². The number of allylic oxidation sites excluding steroid dienone is 4. The number of rotatable bonds is 11. The predicted octanol–water partition coefficient (Wildman–Crippen LogP) is 2.19. The maximum atomic E-state index is 13.2. The molecule has 1 aliphatic rings. The minimum Gasteiger partial charge on any atom is -0.426 e. The van der Waals surface area contributed by atoms with Crippen LogP contribution in [0, 0.1) is 12.8 Å². The van der Waals surface area contributed by atoms with Gasteiger partial charge in [0.25, 0.3) is 11.8 Å². The second kappa shape index (κ2) is 13.7. The SMILES string of the molecule is Cc1ccc(C(=O)NC[C@H](NC(=O)c2cc(C3=CCCC=C3)ccn2)C(=O)N[C@@H](CC(C)C)B(O)O)cc1. The van der Waals surface area contributed by atoms with Gasteiger partial charge in [-0.1, -0.05) is 49.8 Å². The van der Waals surface area contributed by atoms with Crippen LogP contribution in [0.1, 0.15) is 65.1 Å². The van der Waals surface area contributed by atoms with E-state index in [-0.39, 0.29) is 18.2 Å². The zero-order chi connectivity index (χ0) is 27.7. The van der Waals surface area contributed by atoms with Gasteiger partial charge in [-0.15, -0.1) is 0 Å². The minimum absolute atomic E-state index is 0.0754. The highest BCUT2D eigenvalue weighted by Gasteiger charge is 2.30. The van der Waals surface area contributed by atoms with Crippen molar-refractivity contribution in [1.82, 2.24) is 20.9 Å². The summed E-state index contributed by atoms with van der Waals surface area (Å²) < 4.78 is 0. The van der Waals surface area contributed by atoms with Gasteiger partial charge in [0.2, 0.25) is 5.91 Å². The fraction of sp³-hybridized carbons (Fsp3) is 0.357. The summed E-state index contributed by atoms with van der Waals surface area (Å²) >= 11 is 0. The number of carbonyl (C=O) groups excluding carboxylic acids is 3. The quantitative estimate of drug-likeness (QED) is 0.289. The highest BCUT2D eigenvalue weighted by atomic mass is 16.4. The Hall–Kier alpha value is -3.76. The summed E-state index contributed by atoms with van der Waals surface area (Å²) in [5.41, 5.74) is 3.34. The molecule has 1 aliphatic carbocycles. The largest absolute Gasteiger partial charge is 0.475 e. The van der Waals surface area contributed by atoms with Crippen molar-refractivity contribution in [2.75, 3.05) is 6.54 Å². The van der Waals surface area contributed by atoms with Crippen LogP contribution in [0.3, 0.4) is 0 Å². The van der Waals surface area contributed by atoms with Gasteiger partial charge in [-0.3, -0.25) is 19.4 Å². The lowest BCUT2D eigenvalue weighted by Crippen LogP contribution is -2.57. The van der Waals surface area contributed by atoms with E-state index in [1.807, 2.05) is 32.9 Å². The summed E-state index contributed by atoms with van der Waals surface area (Å²) in [5.74, 6) is -2.53. The van der Waals surface area contributed by atoms with Crippen molar-refractivity contribution in [2.24, 2.45) is 5.92 Å². The first kappa shape index (κ1) is 28.8. The molecule has 1 aromatic carbocycles. The van der Waals surface area contributed by atoms with Gasteiger partial charge in [0.1, 0.15) is 11.7 Å². The Labute approximate surface area is 223 Å². The third-order valence-electron chi connectivity index (χ3n) is 6.14. The van der Waals surface area contributed by atoms with Crippen molar-refractivity contribution in [3.63, 3.8) is 0 Å². The number of aromatic nitrogens is 1. The van der Waals surface area contributed by atoms with Crippen molar-refractivity contribution < 1.29 is 24.4 Å². The molecule has 0 bridgehead atoms. The molecule has 9 nitrogen and oxygen atoms in total. The summed E-state index contributed by atoms with van der Waals surface area (Å²) in [6, 6.07) is 9.21. The Balaban J connectivity index is 1.77. The Morgan fingerprint density at radius 3 is 2.39 bits per heavy atom. The fourth-order valence-corrected chi connectivity index (χ4v) is 4.05. The van der Waals surface area contributed by atoms with Crippen LogP contribution in [0.25, 0.3) is 5.57 Å². The van der Waals surface area contributed by atoms with Crippen LogP contribution in [-0.2, 0) is 4.79 Å². The van der Waals surface area contributed by atoms with Crippen molar-refractivity contribution in [1.29, 1.82) is 0 Å². The third kappa shape index (κ3) is 8.39. The standard InChI is InChI=1S/C28H35BN4O5/c1-18(2)15-25(29(37)38)33-28(36)24(17-31-26(34)21-11-9-19(3)10-12-21)32-27(35)23-16-22(13-14-30-23)20-7-5-4-6-8-20/h5,7-14,16,18,24-25,37-38H,4,6,15,17H2,1-3H3,(H,31,34)(H,32,35)(H,33,36)/t24-,25-/m0/s1. The number of hydrogen-bond donors (Lipinski definition) is 5. The maximum absolute atomic E-state index is 13.2. The minimum atomic E-state index is -1.78. The van der Waals surface area contributed by atoms with E-state index in [1.54, 1.807) is 30.3 Å². The first-order valence-electron chi connectivity index (χ1n) is 12.8. The summed E-state index contributed by atoms with van der Waals surface area (Å²) in [5, 5.41) is 27.4. The Bertz CT molecular complexity index is 1190. The van der Waals surface area contributed by atoms with Crippen LogP contribution in [-0.4, -0.2) is 58.4 Å². The number of carbonyl (C=O) groups is 3. The molecule has 200 valence electrons. The van der Waals surface area contributed by atoms with E-state index in [9.17, 15) is 24.4 Å². The molecule has 0 unspecified atom stereocenters. The van der Waals surface area contributed by atoms with E-state index in [0.29, 0.717) is 12.0 Å². The lowest BCUT2D eigenvalue weighted by atomic mass is 9.75. The zero-order valence-corrected chi connectivity index (χ0v) is 22.0. The molecule has 1 aromatic heterocycles. The van der Waals surface area contributed by atoms with Gasteiger partial charge in [-0.2, -0.15) is 0 Å². The summed E-state index contributed by atoms with van der Waals surface area (Å²) in [6.45, 7) is 5.47. The molecule has 5 N–H and O–H groups in total. The first-order valence-corrected chi connectivity index (χ1v) is 12.8. The smallest absolute Gasteiger partial charge is 0.426 e. The normalized spacial score (nSPS) is 14.3. The second-order valence-electron chi connectivity index (χ2n) is 9.83. The van der Waals surface area contributed by atoms with E-state index in [2.05, 4.69) is 33.1 Å². The summed E-state index contributed by atoms with van der Waals surface area (Å²) in [6.07, 6.45) is 9.86. The highest BCUT2D eigenvalue weighted by molar-refractivity contribution is 6.43. The molecule has 0 saturated carbocycles. The van der Waals surface area contributed by atoms with Crippen LogP contribution >= 0.6 is 0 Å². The highest BCUT2D eigenvalue weighted by Crippen LogP contribution is 2.21. The fourth-order valence-electron chi connectivity index (χ4n) is 4.05. The van der Waals surface area contributed by atoms with E-state index in [0.717, 1.165) is 29.5 Å². The molecule has 0 fully saturated rings. The molecule has 1 heterocycles. The zero-order valence-electron chi connectivity index (χ0n) is 22.0. The van der Waals surface area contributed by atoms with Crippen molar-refractivity contribution in [2.45, 2.75) is 52.0 Å². The molecular formula is C28H35BN4O5. The molecule has 3 amide bonds. The molecule has 2 aromatic rings. The number of aryl methyl sites for hydroxylation is 1. The van der Waals surface area contributed by atoms with Gasteiger partial charge in [-0.05, 0) is 67.5 Å². The van der Waals surface area contributed by atoms with E-state index >= 15 is 0 Å². The van der Waals surface area contributed by atoms with Gasteiger partial charge in [-0.25, -0.2) is 0 Å².